The van der Waals surface area contributed by atoms with Crippen LogP contribution in [-0.4, -0.2) is 37.1 Å². The maximum absolute atomic E-state index is 6.08. The first-order valence-electron chi connectivity index (χ1n) is 7.48. The molecule has 0 aromatic rings. The summed E-state index contributed by atoms with van der Waals surface area (Å²) in [6.45, 7) is 7.48. The summed E-state index contributed by atoms with van der Waals surface area (Å²) >= 11 is 0. The normalized spacial score (nSPS) is 48.1. The second-order valence-electron chi connectivity index (χ2n) is 6.85. The van der Waals surface area contributed by atoms with E-state index in [1.807, 2.05) is 7.11 Å². The van der Waals surface area contributed by atoms with Crippen LogP contribution in [0.2, 0.25) is 0 Å². The molecular weight excluding hydrogens is 240 g/mol. The van der Waals surface area contributed by atoms with Gasteiger partial charge < -0.3 is 14.2 Å². The van der Waals surface area contributed by atoms with Crippen molar-refractivity contribution in [2.75, 3.05) is 13.7 Å². The van der Waals surface area contributed by atoms with E-state index in [1.54, 1.807) is 0 Å². The zero-order chi connectivity index (χ0) is 13.7. The number of ether oxygens (including phenoxy) is 3. The summed E-state index contributed by atoms with van der Waals surface area (Å²) in [6.07, 6.45) is 7.40. The average molecular weight is 266 g/mol. The molecule has 0 N–H and O–H groups in total. The Hall–Kier alpha value is -0.380. The highest BCUT2D eigenvalue weighted by atomic mass is 16.6. The topological polar surface area (TPSA) is 34.3 Å². The van der Waals surface area contributed by atoms with Crippen molar-refractivity contribution in [2.24, 2.45) is 5.92 Å². The van der Waals surface area contributed by atoms with Crippen LogP contribution in [-0.2, 0) is 14.2 Å². The van der Waals surface area contributed by atoms with Crippen LogP contribution in [0.4, 0.5) is 0 Å². The Bertz CT molecular complexity index is 381. The van der Waals surface area contributed by atoms with Crippen LogP contribution in [0, 0.1) is 5.92 Å². The van der Waals surface area contributed by atoms with Gasteiger partial charge in [0.15, 0.2) is 0 Å². The summed E-state index contributed by atoms with van der Waals surface area (Å²) in [5.74, 6) is 0.495. The van der Waals surface area contributed by atoms with Crippen molar-refractivity contribution < 1.29 is 14.2 Å². The van der Waals surface area contributed by atoms with E-state index >= 15 is 0 Å². The molecular formula is C16H26O3. The first-order chi connectivity index (χ1) is 9.00. The van der Waals surface area contributed by atoms with E-state index in [0.717, 1.165) is 32.3 Å². The van der Waals surface area contributed by atoms with Crippen molar-refractivity contribution in [1.82, 2.24) is 0 Å². The van der Waals surface area contributed by atoms with Gasteiger partial charge in [-0.1, -0.05) is 11.6 Å². The van der Waals surface area contributed by atoms with Gasteiger partial charge in [0.25, 0.3) is 0 Å². The predicted molar refractivity (Wildman–Crippen MR) is 74.1 cm³/mol. The van der Waals surface area contributed by atoms with Gasteiger partial charge in [-0.25, -0.2) is 0 Å². The zero-order valence-corrected chi connectivity index (χ0v) is 12.6. The minimum atomic E-state index is -0.000347. The molecule has 108 valence electrons. The molecule has 5 unspecified atom stereocenters. The second-order valence-corrected chi connectivity index (χ2v) is 6.85. The molecule has 1 spiro atoms. The molecule has 0 amide bonds. The summed E-state index contributed by atoms with van der Waals surface area (Å²) < 4.78 is 17.5. The van der Waals surface area contributed by atoms with Gasteiger partial charge in [0, 0.05) is 13.0 Å². The van der Waals surface area contributed by atoms with Gasteiger partial charge in [-0.15, -0.1) is 0 Å². The summed E-state index contributed by atoms with van der Waals surface area (Å²) in [6, 6.07) is 0. The van der Waals surface area contributed by atoms with Gasteiger partial charge >= 0.3 is 0 Å². The lowest BCUT2D eigenvalue weighted by molar-refractivity contribution is -0.00877. The number of hydrogen-bond donors (Lipinski definition) is 0. The van der Waals surface area contributed by atoms with E-state index in [2.05, 4.69) is 26.8 Å². The van der Waals surface area contributed by atoms with E-state index < -0.39 is 0 Å². The van der Waals surface area contributed by atoms with Crippen LogP contribution in [0.25, 0.3) is 0 Å². The fraction of sp³-hybridized carbons (Fsp3) is 0.875. The highest BCUT2D eigenvalue weighted by molar-refractivity contribution is 5.17. The van der Waals surface area contributed by atoms with Crippen LogP contribution in [0.15, 0.2) is 11.6 Å². The van der Waals surface area contributed by atoms with Crippen molar-refractivity contribution in [3.8, 4) is 0 Å². The molecule has 2 heterocycles. The number of hydrogen-bond acceptors (Lipinski definition) is 3. The maximum Gasteiger partial charge on any atom is 0.0980 e. The molecule has 0 radical (unpaired) electrons. The number of rotatable bonds is 4. The third kappa shape index (κ3) is 2.37. The van der Waals surface area contributed by atoms with Crippen LogP contribution >= 0.6 is 0 Å². The molecule has 1 saturated carbocycles. The molecule has 3 heteroatoms. The Labute approximate surface area is 116 Å². The Morgan fingerprint density at radius 3 is 2.74 bits per heavy atom. The molecule has 5 atom stereocenters. The molecule has 0 bridgehead atoms. The second kappa shape index (κ2) is 4.57. The number of epoxide rings is 2. The monoisotopic (exact) mass is 266 g/mol. The predicted octanol–water partition coefficient (Wildman–Crippen LogP) is 3.08. The van der Waals surface area contributed by atoms with Crippen LogP contribution in [0.1, 0.15) is 46.5 Å². The minimum Gasteiger partial charge on any atom is -0.381 e. The molecule has 0 aromatic heterocycles. The molecule has 3 fully saturated rings. The van der Waals surface area contributed by atoms with Crippen LogP contribution < -0.4 is 0 Å². The molecule has 2 saturated heterocycles. The average Bonchev–Trinajstić information content (AvgIpc) is 3.27. The van der Waals surface area contributed by atoms with Gasteiger partial charge in [0.1, 0.15) is 0 Å². The Morgan fingerprint density at radius 1 is 1.42 bits per heavy atom. The zero-order valence-electron chi connectivity index (χ0n) is 12.6. The standard InChI is InChI=1S/C16H26O3/c1-11(2)5-6-14-15(3,19-14)13-9-12(17-4)7-8-16(13)10-18-16/h5,12-14H,6-10H2,1-4H3. The Morgan fingerprint density at radius 2 is 2.16 bits per heavy atom. The lowest BCUT2D eigenvalue weighted by atomic mass is 9.70. The fourth-order valence-electron chi connectivity index (χ4n) is 3.79. The highest BCUT2D eigenvalue weighted by Gasteiger charge is 2.68. The lowest BCUT2D eigenvalue weighted by Gasteiger charge is -2.36. The quantitative estimate of drug-likeness (QED) is 0.579. The number of allylic oxidation sites excluding steroid dienone is 1. The Kier molecular flexibility index (Phi) is 3.27. The third-order valence-corrected chi connectivity index (χ3v) is 5.28. The minimum absolute atomic E-state index is 0.000347. The van der Waals surface area contributed by atoms with Gasteiger partial charge in [-0.3, -0.25) is 0 Å². The molecule has 2 aliphatic heterocycles. The third-order valence-electron chi connectivity index (χ3n) is 5.28. The van der Waals surface area contributed by atoms with E-state index in [0.29, 0.717) is 18.1 Å². The fourth-order valence-corrected chi connectivity index (χ4v) is 3.79. The molecule has 1 aliphatic carbocycles. The van der Waals surface area contributed by atoms with Crippen molar-refractivity contribution >= 4 is 0 Å². The van der Waals surface area contributed by atoms with E-state index in [1.165, 1.54) is 5.57 Å². The van der Waals surface area contributed by atoms with Crippen molar-refractivity contribution in [1.29, 1.82) is 0 Å². The van der Waals surface area contributed by atoms with Gasteiger partial charge in [-0.2, -0.15) is 0 Å². The number of methoxy groups -OCH3 is 1. The van der Waals surface area contributed by atoms with Crippen molar-refractivity contribution in [3.05, 3.63) is 11.6 Å². The van der Waals surface area contributed by atoms with Gasteiger partial charge in [0.05, 0.1) is 30.0 Å². The van der Waals surface area contributed by atoms with Crippen molar-refractivity contribution in [3.63, 3.8) is 0 Å². The largest absolute Gasteiger partial charge is 0.381 e. The SMILES string of the molecule is COC1CCC2(CO2)C(C2(C)OC2CC=C(C)C)C1. The maximum atomic E-state index is 6.08. The molecule has 0 aromatic carbocycles. The van der Waals surface area contributed by atoms with E-state index in [4.69, 9.17) is 14.2 Å². The van der Waals surface area contributed by atoms with Gasteiger partial charge in [-0.05, 0) is 46.5 Å². The molecule has 3 aliphatic rings. The summed E-state index contributed by atoms with van der Waals surface area (Å²) in [5.41, 5.74) is 1.48. The van der Waals surface area contributed by atoms with Crippen molar-refractivity contribution in [2.45, 2.75) is 69.9 Å². The first kappa shape index (κ1) is 13.6. The lowest BCUT2D eigenvalue weighted by Crippen LogP contribution is -2.44. The highest BCUT2D eigenvalue weighted by Crippen LogP contribution is 2.58. The van der Waals surface area contributed by atoms with Crippen LogP contribution in [0.5, 0.6) is 0 Å². The summed E-state index contributed by atoms with van der Waals surface area (Å²) in [4.78, 5) is 0. The van der Waals surface area contributed by atoms with E-state index in [9.17, 15) is 0 Å². The van der Waals surface area contributed by atoms with Crippen LogP contribution in [0.3, 0.4) is 0 Å². The summed E-state index contributed by atoms with van der Waals surface area (Å²) in [7, 11) is 1.82. The smallest absolute Gasteiger partial charge is 0.0980 e. The van der Waals surface area contributed by atoms with Gasteiger partial charge in [0.2, 0.25) is 0 Å². The summed E-state index contributed by atoms with van der Waals surface area (Å²) in [5, 5.41) is 0. The first-order valence-corrected chi connectivity index (χ1v) is 7.48. The Balaban J connectivity index is 1.68. The molecule has 3 nitrogen and oxygen atoms in total. The molecule has 3 rings (SSSR count). The van der Waals surface area contributed by atoms with E-state index in [-0.39, 0.29) is 11.2 Å². The molecule has 19 heavy (non-hydrogen) atoms.